The zero-order valence-corrected chi connectivity index (χ0v) is 16.6. The summed E-state index contributed by atoms with van der Waals surface area (Å²) in [5.41, 5.74) is 2.42. The molecule has 0 saturated carbocycles. The maximum Gasteiger partial charge on any atom is 0.275 e. The number of hydrogen-bond acceptors (Lipinski definition) is 3. The smallest absolute Gasteiger partial charge is 0.275 e. The maximum atomic E-state index is 12.5. The Bertz CT molecular complexity index is 1080. The number of anilines is 1. The molecular weight excluding hydrogens is 462 g/mol. The van der Waals surface area contributed by atoms with Gasteiger partial charge in [0.1, 0.15) is 12.0 Å². The minimum absolute atomic E-state index is 0.262. The SMILES string of the molecule is O=C(Nc1ncn(Cc2ccc(Br)cc2)n1)c1[nH]c2ccccc2c1Br. The number of amides is 1. The van der Waals surface area contributed by atoms with E-state index in [0.717, 1.165) is 25.4 Å². The molecule has 0 aliphatic heterocycles. The summed E-state index contributed by atoms with van der Waals surface area (Å²) in [7, 11) is 0. The number of nitrogens with zero attached hydrogens (tertiary/aromatic N) is 3. The van der Waals surface area contributed by atoms with Crippen molar-refractivity contribution < 1.29 is 4.79 Å². The van der Waals surface area contributed by atoms with E-state index in [1.165, 1.54) is 0 Å². The Balaban J connectivity index is 1.50. The first-order valence-electron chi connectivity index (χ1n) is 7.81. The second-order valence-electron chi connectivity index (χ2n) is 5.71. The molecule has 1 amide bonds. The topological polar surface area (TPSA) is 75.6 Å². The van der Waals surface area contributed by atoms with Gasteiger partial charge < -0.3 is 4.98 Å². The van der Waals surface area contributed by atoms with Crippen LogP contribution in [0.25, 0.3) is 10.9 Å². The summed E-state index contributed by atoms with van der Waals surface area (Å²) >= 11 is 6.89. The largest absolute Gasteiger partial charge is 0.350 e. The number of benzene rings is 2. The van der Waals surface area contributed by atoms with Crippen molar-refractivity contribution in [2.75, 3.05) is 5.32 Å². The highest BCUT2D eigenvalue weighted by Gasteiger charge is 2.17. The molecule has 0 aliphatic rings. The number of rotatable bonds is 4. The minimum atomic E-state index is -0.297. The van der Waals surface area contributed by atoms with E-state index in [-0.39, 0.29) is 11.9 Å². The highest BCUT2D eigenvalue weighted by Crippen LogP contribution is 2.28. The minimum Gasteiger partial charge on any atom is -0.350 e. The maximum absolute atomic E-state index is 12.5. The molecule has 6 nitrogen and oxygen atoms in total. The van der Waals surface area contributed by atoms with Gasteiger partial charge in [-0.15, -0.1) is 5.10 Å². The zero-order chi connectivity index (χ0) is 18.1. The molecule has 2 aromatic carbocycles. The van der Waals surface area contributed by atoms with Crippen molar-refractivity contribution >= 4 is 54.6 Å². The van der Waals surface area contributed by atoms with Crippen LogP contribution in [0, 0.1) is 0 Å². The number of fused-ring (bicyclic) bond motifs is 1. The van der Waals surface area contributed by atoms with Crippen molar-refractivity contribution in [1.29, 1.82) is 0 Å². The molecule has 2 aromatic heterocycles. The summed E-state index contributed by atoms with van der Waals surface area (Å²) in [4.78, 5) is 19.8. The summed E-state index contributed by atoms with van der Waals surface area (Å²) in [6, 6.07) is 15.7. The Labute approximate surface area is 165 Å². The van der Waals surface area contributed by atoms with Crippen LogP contribution in [0.1, 0.15) is 16.1 Å². The van der Waals surface area contributed by atoms with Crippen LogP contribution < -0.4 is 5.32 Å². The number of carbonyl (C=O) groups excluding carboxylic acids is 1. The van der Waals surface area contributed by atoms with Gasteiger partial charge in [-0.1, -0.05) is 46.3 Å². The van der Waals surface area contributed by atoms with Gasteiger partial charge in [-0.05, 0) is 39.7 Å². The fourth-order valence-electron chi connectivity index (χ4n) is 2.63. The van der Waals surface area contributed by atoms with E-state index in [1.807, 2.05) is 48.5 Å². The third-order valence-corrected chi connectivity index (χ3v) is 5.24. The van der Waals surface area contributed by atoms with Crippen LogP contribution in [0.4, 0.5) is 5.95 Å². The number of aromatic nitrogens is 4. The molecule has 0 spiro atoms. The third-order valence-electron chi connectivity index (χ3n) is 3.89. The summed E-state index contributed by atoms with van der Waals surface area (Å²) < 4.78 is 3.43. The van der Waals surface area contributed by atoms with Gasteiger partial charge in [-0.3, -0.25) is 10.1 Å². The quantitative estimate of drug-likeness (QED) is 0.454. The predicted molar refractivity (Wildman–Crippen MR) is 107 cm³/mol. The fourth-order valence-corrected chi connectivity index (χ4v) is 3.52. The van der Waals surface area contributed by atoms with Crippen molar-refractivity contribution in [3.05, 3.63) is 75.1 Å². The predicted octanol–water partition coefficient (Wildman–Crippen LogP) is 4.59. The number of halogens is 2. The first-order chi connectivity index (χ1) is 12.6. The van der Waals surface area contributed by atoms with Crippen LogP contribution in [0.2, 0.25) is 0 Å². The highest BCUT2D eigenvalue weighted by atomic mass is 79.9. The third kappa shape index (κ3) is 3.42. The van der Waals surface area contributed by atoms with E-state index in [0.29, 0.717) is 12.2 Å². The number of carbonyl (C=O) groups is 1. The van der Waals surface area contributed by atoms with Gasteiger partial charge in [0.2, 0.25) is 5.95 Å². The molecule has 0 aliphatic carbocycles. The van der Waals surface area contributed by atoms with E-state index in [9.17, 15) is 4.79 Å². The molecule has 0 bridgehead atoms. The summed E-state index contributed by atoms with van der Waals surface area (Å²) in [6.45, 7) is 0.576. The Morgan fingerprint density at radius 2 is 1.88 bits per heavy atom. The summed E-state index contributed by atoms with van der Waals surface area (Å²) in [5.74, 6) is -0.0351. The van der Waals surface area contributed by atoms with E-state index >= 15 is 0 Å². The first-order valence-corrected chi connectivity index (χ1v) is 9.40. The second-order valence-corrected chi connectivity index (χ2v) is 7.41. The monoisotopic (exact) mass is 473 g/mol. The van der Waals surface area contributed by atoms with Crippen molar-refractivity contribution in [3.8, 4) is 0 Å². The fraction of sp³-hybridized carbons (Fsp3) is 0.0556. The molecule has 26 heavy (non-hydrogen) atoms. The van der Waals surface area contributed by atoms with Gasteiger partial charge in [0.05, 0.1) is 11.0 Å². The molecule has 2 N–H and O–H groups in total. The van der Waals surface area contributed by atoms with Crippen LogP contribution in [0.5, 0.6) is 0 Å². The summed E-state index contributed by atoms with van der Waals surface area (Å²) in [5, 5.41) is 7.98. The molecule has 0 radical (unpaired) electrons. The molecule has 130 valence electrons. The molecule has 8 heteroatoms. The van der Waals surface area contributed by atoms with Gasteiger partial charge in [-0.2, -0.15) is 0 Å². The number of H-pyrrole nitrogens is 1. The Hall–Kier alpha value is -2.45. The number of para-hydroxylation sites is 1. The van der Waals surface area contributed by atoms with E-state index in [2.05, 4.69) is 52.2 Å². The lowest BCUT2D eigenvalue weighted by Gasteiger charge is -2.02. The van der Waals surface area contributed by atoms with Gasteiger partial charge in [0, 0.05) is 15.4 Å². The van der Waals surface area contributed by atoms with Crippen LogP contribution in [0.15, 0.2) is 63.8 Å². The number of aromatic amines is 1. The zero-order valence-electron chi connectivity index (χ0n) is 13.4. The van der Waals surface area contributed by atoms with E-state index in [1.54, 1.807) is 11.0 Å². The lowest BCUT2D eigenvalue weighted by atomic mass is 10.2. The second kappa shape index (κ2) is 7.05. The molecule has 2 heterocycles. The summed E-state index contributed by atoms with van der Waals surface area (Å²) in [6.07, 6.45) is 1.60. The van der Waals surface area contributed by atoms with E-state index < -0.39 is 0 Å². The van der Waals surface area contributed by atoms with Crippen molar-refractivity contribution in [2.24, 2.45) is 0 Å². The normalized spacial score (nSPS) is 11.0. The van der Waals surface area contributed by atoms with Gasteiger partial charge in [-0.25, -0.2) is 9.67 Å². The van der Waals surface area contributed by atoms with Crippen LogP contribution >= 0.6 is 31.9 Å². The highest BCUT2D eigenvalue weighted by molar-refractivity contribution is 9.11. The molecule has 0 atom stereocenters. The number of hydrogen-bond donors (Lipinski definition) is 2. The average Bonchev–Trinajstić information content (AvgIpc) is 3.22. The molecular formula is C18H13Br2N5O. The Morgan fingerprint density at radius 1 is 1.12 bits per heavy atom. The van der Waals surface area contributed by atoms with Crippen LogP contribution in [-0.4, -0.2) is 25.7 Å². The van der Waals surface area contributed by atoms with Gasteiger partial charge in [0.15, 0.2) is 0 Å². The number of nitrogens with one attached hydrogen (secondary N) is 2. The van der Waals surface area contributed by atoms with Crippen molar-refractivity contribution in [3.63, 3.8) is 0 Å². The molecule has 0 unspecified atom stereocenters. The Kier molecular flexibility index (Phi) is 4.60. The first kappa shape index (κ1) is 17.0. The van der Waals surface area contributed by atoms with Crippen LogP contribution in [0.3, 0.4) is 0 Å². The Morgan fingerprint density at radius 3 is 2.65 bits per heavy atom. The average molecular weight is 475 g/mol. The van der Waals surface area contributed by atoms with E-state index in [4.69, 9.17) is 0 Å². The van der Waals surface area contributed by atoms with Crippen molar-refractivity contribution in [2.45, 2.75) is 6.54 Å². The van der Waals surface area contributed by atoms with Crippen molar-refractivity contribution in [1.82, 2.24) is 19.7 Å². The van der Waals surface area contributed by atoms with Crippen LogP contribution in [-0.2, 0) is 6.54 Å². The molecule has 0 fully saturated rings. The molecule has 4 aromatic rings. The standard InChI is InChI=1S/C18H13Br2N5O/c19-12-7-5-11(6-8-12)9-25-10-21-18(24-25)23-17(26)16-15(20)13-3-1-2-4-14(13)22-16/h1-8,10,22H,9H2,(H,23,24,26). The lowest BCUT2D eigenvalue weighted by molar-refractivity contribution is 0.102. The molecule has 4 rings (SSSR count). The van der Waals surface area contributed by atoms with Gasteiger partial charge in [0.25, 0.3) is 5.91 Å². The lowest BCUT2D eigenvalue weighted by Crippen LogP contribution is -2.14. The molecule has 0 saturated heterocycles. The van der Waals surface area contributed by atoms with Gasteiger partial charge >= 0.3 is 0 Å².